The number of unbranched alkanes of at least 4 members (excludes halogenated alkanes) is 40. The lowest BCUT2D eigenvalue weighted by Crippen LogP contribution is -2.30. The molecule has 0 aromatic heterocycles. The molecule has 0 radical (unpaired) electrons. The molecule has 0 bridgehead atoms. The second-order valence-electron chi connectivity index (χ2n) is 22.4. The van der Waals surface area contributed by atoms with Gasteiger partial charge in [0.1, 0.15) is 13.2 Å². The molecule has 0 fully saturated rings. The molecule has 76 heavy (non-hydrogen) atoms. The van der Waals surface area contributed by atoms with Crippen molar-refractivity contribution in [1.29, 1.82) is 0 Å². The lowest BCUT2D eigenvalue weighted by Gasteiger charge is -2.18. The fourth-order valence-electron chi connectivity index (χ4n) is 9.83. The number of hydrogen-bond donors (Lipinski definition) is 0. The van der Waals surface area contributed by atoms with Gasteiger partial charge in [-0.15, -0.1) is 0 Å². The van der Waals surface area contributed by atoms with Gasteiger partial charge in [-0.3, -0.25) is 14.4 Å². The molecule has 0 heterocycles. The summed E-state index contributed by atoms with van der Waals surface area (Å²) in [6.45, 7) is 6.55. The fraction of sp³-hybridized carbons (Fsp3) is 0.814. The molecular formula is C70H126O6. The number of esters is 3. The largest absolute Gasteiger partial charge is 0.462 e. The SMILES string of the molecule is CC/C=C\C/C=C\C/C=C\C/C=C\C/C=C\CCCCCCCCCCCCCC(=O)OCC(COC(=O)CCCCCCCCCC)OC(=O)CCCCCCCCCCCCCCCCCCCCCCCCC. The van der Waals surface area contributed by atoms with Gasteiger partial charge in [0.2, 0.25) is 0 Å². The van der Waals surface area contributed by atoms with Crippen LogP contribution in [0.2, 0.25) is 0 Å². The maximum atomic E-state index is 12.9. The zero-order chi connectivity index (χ0) is 55.0. The van der Waals surface area contributed by atoms with E-state index in [2.05, 4.69) is 81.5 Å². The van der Waals surface area contributed by atoms with Crippen molar-refractivity contribution in [2.75, 3.05) is 13.2 Å². The van der Waals surface area contributed by atoms with E-state index >= 15 is 0 Å². The quantitative estimate of drug-likeness (QED) is 0.0261. The van der Waals surface area contributed by atoms with Crippen molar-refractivity contribution in [2.24, 2.45) is 0 Å². The normalized spacial score (nSPS) is 12.4. The molecule has 442 valence electrons. The highest BCUT2D eigenvalue weighted by atomic mass is 16.6. The second-order valence-corrected chi connectivity index (χ2v) is 22.4. The number of carbonyl (C=O) groups excluding carboxylic acids is 3. The van der Waals surface area contributed by atoms with E-state index in [1.54, 1.807) is 0 Å². The third kappa shape index (κ3) is 62.0. The van der Waals surface area contributed by atoms with Gasteiger partial charge in [-0.1, -0.05) is 326 Å². The standard InChI is InChI=1S/C70H126O6/c1-4-7-10-13-16-19-21-23-25-27-29-31-33-34-35-36-38-39-41-43-45-47-49-51-54-57-60-63-69(72)75-66-67(65-74-68(71)62-59-56-53-18-15-12-9-6-3)76-70(73)64-61-58-55-52-50-48-46-44-42-40-37-32-30-28-26-24-22-20-17-14-11-8-5-2/h7,10,16,19,23,25,29,31,34-35,67H,4-6,8-9,11-15,17-18,20-22,24,26-28,30,32-33,36-66H2,1-3H3/b10-7-,19-16-,25-23-,31-29-,35-34-. The van der Waals surface area contributed by atoms with Crippen molar-refractivity contribution in [3.63, 3.8) is 0 Å². The Balaban J connectivity index is 4.12. The van der Waals surface area contributed by atoms with Crippen molar-refractivity contribution < 1.29 is 28.6 Å². The minimum atomic E-state index is -0.771. The van der Waals surface area contributed by atoms with Crippen molar-refractivity contribution >= 4 is 17.9 Å². The van der Waals surface area contributed by atoms with Crippen LogP contribution in [0.5, 0.6) is 0 Å². The first kappa shape index (κ1) is 73.1. The van der Waals surface area contributed by atoms with E-state index in [0.29, 0.717) is 19.3 Å². The van der Waals surface area contributed by atoms with Crippen LogP contribution in [0.25, 0.3) is 0 Å². The molecule has 0 aromatic carbocycles. The van der Waals surface area contributed by atoms with Gasteiger partial charge < -0.3 is 14.2 Å². The summed E-state index contributed by atoms with van der Waals surface area (Å²) in [7, 11) is 0. The van der Waals surface area contributed by atoms with Crippen LogP contribution >= 0.6 is 0 Å². The highest BCUT2D eigenvalue weighted by molar-refractivity contribution is 5.71. The van der Waals surface area contributed by atoms with Crippen LogP contribution in [0, 0.1) is 0 Å². The Labute approximate surface area is 472 Å². The Morgan fingerprint density at radius 1 is 0.276 bits per heavy atom. The Hall–Kier alpha value is -2.89. The van der Waals surface area contributed by atoms with Gasteiger partial charge in [-0.2, -0.15) is 0 Å². The predicted molar refractivity (Wildman–Crippen MR) is 330 cm³/mol. The first-order valence-electron chi connectivity index (χ1n) is 33.3. The smallest absolute Gasteiger partial charge is 0.306 e. The van der Waals surface area contributed by atoms with Crippen LogP contribution in [0.15, 0.2) is 60.8 Å². The molecule has 0 aliphatic heterocycles. The molecule has 0 rings (SSSR count). The zero-order valence-electron chi connectivity index (χ0n) is 50.8. The molecule has 0 spiro atoms. The molecule has 0 saturated heterocycles. The Bertz CT molecular complexity index is 1360. The highest BCUT2D eigenvalue weighted by Crippen LogP contribution is 2.18. The van der Waals surface area contributed by atoms with Gasteiger partial charge in [0.05, 0.1) is 0 Å². The van der Waals surface area contributed by atoms with Crippen LogP contribution in [-0.2, 0) is 28.6 Å². The fourth-order valence-corrected chi connectivity index (χ4v) is 9.83. The third-order valence-corrected chi connectivity index (χ3v) is 14.8. The van der Waals surface area contributed by atoms with Gasteiger partial charge in [0.25, 0.3) is 0 Å². The maximum absolute atomic E-state index is 12.9. The van der Waals surface area contributed by atoms with Crippen molar-refractivity contribution in [3.05, 3.63) is 60.8 Å². The van der Waals surface area contributed by atoms with Crippen molar-refractivity contribution in [3.8, 4) is 0 Å². The highest BCUT2D eigenvalue weighted by Gasteiger charge is 2.19. The first-order chi connectivity index (χ1) is 37.5. The number of ether oxygens (including phenoxy) is 3. The average Bonchev–Trinajstić information content (AvgIpc) is 3.42. The minimum Gasteiger partial charge on any atom is -0.462 e. The van der Waals surface area contributed by atoms with E-state index in [-0.39, 0.29) is 31.1 Å². The molecule has 0 N–H and O–H groups in total. The molecule has 0 amide bonds. The molecule has 0 aromatic rings. The van der Waals surface area contributed by atoms with Crippen LogP contribution in [-0.4, -0.2) is 37.2 Å². The number of rotatable bonds is 61. The van der Waals surface area contributed by atoms with E-state index in [9.17, 15) is 14.4 Å². The monoisotopic (exact) mass is 1060 g/mol. The lowest BCUT2D eigenvalue weighted by molar-refractivity contribution is -0.167. The van der Waals surface area contributed by atoms with Crippen LogP contribution in [0.1, 0.15) is 348 Å². The molecular weight excluding hydrogens is 937 g/mol. The second kappa shape index (κ2) is 64.6. The van der Waals surface area contributed by atoms with E-state index in [0.717, 1.165) is 89.9 Å². The van der Waals surface area contributed by atoms with Gasteiger partial charge in [0, 0.05) is 19.3 Å². The molecule has 0 aliphatic rings. The summed E-state index contributed by atoms with van der Waals surface area (Å²) < 4.78 is 16.9. The van der Waals surface area contributed by atoms with Crippen LogP contribution < -0.4 is 0 Å². The molecule has 1 unspecified atom stereocenters. The van der Waals surface area contributed by atoms with Gasteiger partial charge in [0.15, 0.2) is 6.10 Å². The summed E-state index contributed by atoms with van der Waals surface area (Å²) >= 11 is 0. The minimum absolute atomic E-state index is 0.0701. The topological polar surface area (TPSA) is 78.9 Å². The average molecular weight is 1060 g/mol. The summed E-state index contributed by atoms with van der Waals surface area (Å²) in [6.07, 6.45) is 82.6. The van der Waals surface area contributed by atoms with E-state index in [1.165, 1.54) is 218 Å². The molecule has 0 aliphatic carbocycles. The summed E-state index contributed by atoms with van der Waals surface area (Å²) in [5.41, 5.74) is 0. The Kier molecular flexibility index (Phi) is 62.2. The molecule has 6 nitrogen and oxygen atoms in total. The Morgan fingerprint density at radius 3 is 0.803 bits per heavy atom. The molecule has 0 saturated carbocycles. The number of hydrogen-bond acceptors (Lipinski definition) is 6. The maximum Gasteiger partial charge on any atom is 0.306 e. The van der Waals surface area contributed by atoms with Gasteiger partial charge in [-0.25, -0.2) is 0 Å². The number of carbonyl (C=O) groups is 3. The summed E-state index contributed by atoms with van der Waals surface area (Å²) in [6, 6.07) is 0. The van der Waals surface area contributed by atoms with Gasteiger partial charge in [-0.05, 0) is 64.2 Å². The third-order valence-electron chi connectivity index (χ3n) is 14.8. The van der Waals surface area contributed by atoms with Gasteiger partial charge >= 0.3 is 17.9 Å². The zero-order valence-corrected chi connectivity index (χ0v) is 50.8. The van der Waals surface area contributed by atoms with Crippen molar-refractivity contribution in [2.45, 2.75) is 354 Å². The number of allylic oxidation sites excluding steroid dienone is 10. The molecule has 6 heteroatoms. The molecule has 1 atom stereocenters. The van der Waals surface area contributed by atoms with E-state index in [4.69, 9.17) is 14.2 Å². The first-order valence-corrected chi connectivity index (χ1v) is 33.3. The van der Waals surface area contributed by atoms with Crippen LogP contribution in [0.4, 0.5) is 0 Å². The Morgan fingerprint density at radius 2 is 0.513 bits per heavy atom. The van der Waals surface area contributed by atoms with E-state index in [1.807, 2.05) is 0 Å². The van der Waals surface area contributed by atoms with Crippen molar-refractivity contribution in [1.82, 2.24) is 0 Å². The van der Waals surface area contributed by atoms with Crippen LogP contribution in [0.3, 0.4) is 0 Å². The summed E-state index contributed by atoms with van der Waals surface area (Å²) in [4.78, 5) is 38.2. The predicted octanol–water partition coefficient (Wildman–Crippen LogP) is 22.7. The summed E-state index contributed by atoms with van der Waals surface area (Å²) in [5.74, 6) is -0.857. The van der Waals surface area contributed by atoms with E-state index < -0.39 is 6.10 Å². The lowest BCUT2D eigenvalue weighted by atomic mass is 10.0. The summed E-state index contributed by atoms with van der Waals surface area (Å²) in [5, 5.41) is 0.